The van der Waals surface area contributed by atoms with Crippen LogP contribution in [-0.4, -0.2) is 31.0 Å². The molecule has 2 heterocycles. The summed E-state index contributed by atoms with van der Waals surface area (Å²) in [4.78, 5) is 4.00. The first kappa shape index (κ1) is 21.7. The van der Waals surface area contributed by atoms with E-state index in [1.165, 1.54) is 46.7 Å². The topological polar surface area (TPSA) is 73.2 Å². The summed E-state index contributed by atoms with van der Waals surface area (Å²) < 4.78 is 57.4. The zero-order valence-electron chi connectivity index (χ0n) is 16.2. The van der Waals surface area contributed by atoms with Gasteiger partial charge in [-0.15, -0.1) is 6.58 Å². The molecular formula is C21H21F2N3O3S. The van der Waals surface area contributed by atoms with Crippen LogP contribution in [0.2, 0.25) is 0 Å². The van der Waals surface area contributed by atoms with Gasteiger partial charge < -0.3 is 10.1 Å². The van der Waals surface area contributed by atoms with Crippen molar-refractivity contribution in [1.29, 1.82) is 0 Å². The lowest BCUT2D eigenvalue weighted by Gasteiger charge is -2.17. The van der Waals surface area contributed by atoms with Gasteiger partial charge in [-0.2, -0.15) is 8.78 Å². The number of pyridine rings is 1. The molecule has 3 rings (SSSR count). The smallest absolute Gasteiger partial charge is 0.387 e. The van der Waals surface area contributed by atoms with Crippen LogP contribution < -0.4 is 10.1 Å². The Hall–Kier alpha value is -3.04. The Bertz CT molecular complexity index is 1100. The van der Waals surface area contributed by atoms with Gasteiger partial charge in [-0.25, -0.2) is 12.4 Å². The van der Waals surface area contributed by atoms with Gasteiger partial charge in [-0.3, -0.25) is 4.98 Å². The maximum atomic E-state index is 13.5. The molecule has 1 atom stereocenters. The van der Waals surface area contributed by atoms with E-state index in [4.69, 9.17) is 0 Å². The van der Waals surface area contributed by atoms with Crippen LogP contribution in [0.5, 0.6) is 5.75 Å². The number of nitrogens with zero attached hydrogens (tertiary/aromatic N) is 2. The van der Waals surface area contributed by atoms with Crippen molar-refractivity contribution in [2.75, 3.05) is 7.05 Å². The van der Waals surface area contributed by atoms with E-state index in [1.807, 2.05) is 0 Å². The monoisotopic (exact) mass is 433 g/mol. The summed E-state index contributed by atoms with van der Waals surface area (Å²) in [6.07, 6.45) is 5.94. The maximum Gasteiger partial charge on any atom is 0.387 e. The summed E-state index contributed by atoms with van der Waals surface area (Å²) in [5.41, 5.74) is 2.18. The van der Waals surface area contributed by atoms with Crippen molar-refractivity contribution in [2.45, 2.75) is 18.4 Å². The quantitative estimate of drug-likeness (QED) is 0.517. The largest absolute Gasteiger partial charge is 0.435 e. The summed E-state index contributed by atoms with van der Waals surface area (Å²) in [7, 11) is -2.18. The standard InChI is InChI=1S/C21H21F2N3O3S/c1-3-20(17-5-4-10-25-13-17)30(27,28)26-14-15(12-24-2)11-19(26)16-6-8-18(9-7-16)29-21(22)23/h3-11,13-14,20-21,24H,1,12H2,2H3. The molecule has 0 aliphatic rings. The van der Waals surface area contributed by atoms with Crippen molar-refractivity contribution in [3.05, 3.63) is 84.8 Å². The molecule has 30 heavy (non-hydrogen) atoms. The van der Waals surface area contributed by atoms with Crippen LogP contribution >= 0.6 is 0 Å². The van der Waals surface area contributed by atoms with E-state index >= 15 is 0 Å². The highest BCUT2D eigenvalue weighted by Crippen LogP contribution is 2.32. The Kier molecular flexibility index (Phi) is 6.63. The van der Waals surface area contributed by atoms with E-state index in [0.29, 0.717) is 23.4 Å². The average molecular weight is 433 g/mol. The van der Waals surface area contributed by atoms with Crippen molar-refractivity contribution < 1.29 is 21.9 Å². The molecule has 0 aliphatic heterocycles. The predicted molar refractivity (Wildman–Crippen MR) is 111 cm³/mol. The third kappa shape index (κ3) is 4.58. The van der Waals surface area contributed by atoms with Crippen molar-refractivity contribution in [3.8, 4) is 17.0 Å². The molecule has 1 N–H and O–H groups in total. The number of aromatic nitrogens is 2. The average Bonchev–Trinajstić information content (AvgIpc) is 3.14. The molecule has 1 unspecified atom stereocenters. The highest BCUT2D eigenvalue weighted by Gasteiger charge is 2.29. The summed E-state index contributed by atoms with van der Waals surface area (Å²) in [5.74, 6) is -0.00973. The fraction of sp³-hybridized carbons (Fsp3) is 0.190. The van der Waals surface area contributed by atoms with Crippen molar-refractivity contribution >= 4 is 10.0 Å². The predicted octanol–water partition coefficient (Wildman–Crippen LogP) is 3.98. The number of nitrogens with one attached hydrogen (secondary N) is 1. The van der Waals surface area contributed by atoms with E-state index in [2.05, 4.69) is 21.6 Å². The van der Waals surface area contributed by atoms with Gasteiger partial charge in [0.05, 0.1) is 5.69 Å². The minimum absolute atomic E-state index is 0.00973. The van der Waals surface area contributed by atoms with Crippen LogP contribution in [0.25, 0.3) is 11.3 Å². The molecule has 0 bridgehead atoms. The lowest BCUT2D eigenvalue weighted by Crippen LogP contribution is -2.20. The molecule has 2 aromatic heterocycles. The molecule has 0 saturated heterocycles. The molecule has 0 aliphatic carbocycles. The molecule has 9 heteroatoms. The van der Waals surface area contributed by atoms with E-state index < -0.39 is 21.9 Å². The second kappa shape index (κ2) is 9.19. The number of alkyl halides is 2. The molecule has 1 aromatic carbocycles. The number of benzene rings is 1. The van der Waals surface area contributed by atoms with Gasteiger partial charge in [0.25, 0.3) is 0 Å². The number of halogens is 2. The van der Waals surface area contributed by atoms with Crippen LogP contribution in [0.1, 0.15) is 16.4 Å². The SMILES string of the molecule is C=CC(c1cccnc1)S(=O)(=O)n1cc(CNC)cc1-c1ccc(OC(F)F)cc1. The number of hydrogen-bond acceptors (Lipinski definition) is 5. The van der Waals surface area contributed by atoms with Gasteiger partial charge in [0.15, 0.2) is 0 Å². The van der Waals surface area contributed by atoms with E-state index in [-0.39, 0.29) is 5.75 Å². The first-order chi connectivity index (χ1) is 14.4. The van der Waals surface area contributed by atoms with Crippen LogP contribution in [0.15, 0.2) is 73.7 Å². The Morgan fingerprint density at radius 3 is 2.57 bits per heavy atom. The maximum absolute atomic E-state index is 13.5. The molecule has 0 saturated carbocycles. The zero-order chi connectivity index (χ0) is 21.7. The number of hydrogen-bond donors (Lipinski definition) is 1. The molecule has 3 aromatic rings. The van der Waals surface area contributed by atoms with E-state index in [9.17, 15) is 17.2 Å². The van der Waals surface area contributed by atoms with E-state index in [0.717, 1.165) is 5.56 Å². The fourth-order valence-corrected chi connectivity index (χ4v) is 4.81. The fourth-order valence-electron chi connectivity index (χ4n) is 3.12. The van der Waals surface area contributed by atoms with Crippen molar-refractivity contribution in [3.63, 3.8) is 0 Å². The summed E-state index contributed by atoms with van der Waals surface area (Å²) in [6, 6.07) is 10.9. The lowest BCUT2D eigenvalue weighted by molar-refractivity contribution is -0.0498. The first-order valence-electron chi connectivity index (χ1n) is 9.04. The first-order valence-corrected chi connectivity index (χ1v) is 10.5. The second-order valence-corrected chi connectivity index (χ2v) is 8.38. The Morgan fingerprint density at radius 1 is 1.27 bits per heavy atom. The second-order valence-electron chi connectivity index (χ2n) is 6.45. The van der Waals surface area contributed by atoms with Gasteiger partial charge in [0, 0.05) is 25.1 Å². The van der Waals surface area contributed by atoms with Crippen molar-refractivity contribution in [2.24, 2.45) is 0 Å². The third-order valence-corrected chi connectivity index (χ3v) is 6.38. The number of ether oxygens (including phenoxy) is 1. The van der Waals surface area contributed by atoms with Crippen LogP contribution in [-0.2, 0) is 16.6 Å². The summed E-state index contributed by atoms with van der Waals surface area (Å²) >= 11 is 0. The third-order valence-electron chi connectivity index (χ3n) is 4.42. The molecule has 0 spiro atoms. The molecule has 6 nitrogen and oxygen atoms in total. The molecular weight excluding hydrogens is 412 g/mol. The van der Waals surface area contributed by atoms with Gasteiger partial charge in [0.1, 0.15) is 11.0 Å². The Labute approximate surface area is 173 Å². The normalized spacial score (nSPS) is 12.7. The van der Waals surface area contributed by atoms with Crippen LogP contribution in [0, 0.1) is 0 Å². The molecule has 158 valence electrons. The number of rotatable bonds is 9. The summed E-state index contributed by atoms with van der Waals surface area (Å²) in [6.45, 7) is 1.21. The van der Waals surface area contributed by atoms with Crippen LogP contribution in [0.4, 0.5) is 8.78 Å². The van der Waals surface area contributed by atoms with Gasteiger partial charge in [0.2, 0.25) is 10.0 Å². The molecule has 0 fully saturated rings. The van der Waals surface area contributed by atoms with Gasteiger partial charge in [-0.1, -0.05) is 12.1 Å². The highest BCUT2D eigenvalue weighted by atomic mass is 32.2. The van der Waals surface area contributed by atoms with Crippen molar-refractivity contribution in [1.82, 2.24) is 14.3 Å². The minimum atomic E-state index is -3.93. The Morgan fingerprint density at radius 2 is 2.00 bits per heavy atom. The van der Waals surface area contributed by atoms with Gasteiger partial charge in [-0.05, 0) is 60.1 Å². The Balaban J connectivity index is 2.09. The van der Waals surface area contributed by atoms with E-state index in [1.54, 1.807) is 31.4 Å². The summed E-state index contributed by atoms with van der Waals surface area (Å²) in [5, 5.41) is 1.98. The lowest BCUT2D eigenvalue weighted by atomic mass is 10.1. The molecule has 0 radical (unpaired) electrons. The molecule has 0 amide bonds. The zero-order valence-corrected chi connectivity index (χ0v) is 17.0. The highest BCUT2D eigenvalue weighted by molar-refractivity contribution is 7.90. The van der Waals surface area contributed by atoms with Gasteiger partial charge >= 0.3 is 6.61 Å². The minimum Gasteiger partial charge on any atom is -0.435 e. The van der Waals surface area contributed by atoms with Crippen LogP contribution in [0.3, 0.4) is 0 Å².